The van der Waals surface area contributed by atoms with Crippen LogP contribution in [0.4, 0.5) is 0 Å². The molecule has 776 valence electrons. The molecule has 6 aromatic heterocycles. The molecule has 0 amide bonds. The monoisotopic (exact) mass is 2070 g/mol. The maximum absolute atomic E-state index is 11.3. The standard InChI is InChI=1S/3C21H28N2OS.C20H28N2OS.2C19H24N2OS/c3*1-3-7-23-11-15(13-25-12-14(2)24)8-18-17-5-4-6-19-21(17)16(10-22-19)9-20(18)23;1-4-20-18(16-6-5-7-19-17(16)8-9-21-19)10-15(11-22(20)3)13-24-12-14(2)23;2*1-12(22)10-23-11-13-6-16-15-4-3-5-17-19(15)14(8-20-17)7-18(16)21(2)9-13/h3*4-6,10,15,18,20,22H,3,7-9,11-13H2,1-2H3;5-9,15,18,20-21H,4,10-13H2,1-3H3;2*3-5,8,13,16,18,20H,6-7,9-11H2,1-2H3/t4*15-,18-,20-;2*13-,16-,18-/m111111/s1. The predicted octanol–water partition coefficient (Wildman–Crippen LogP) is 23.9. The number of aromatic nitrogens is 6. The number of piperidine rings is 6. The minimum atomic E-state index is 0.282. The van der Waals surface area contributed by atoms with E-state index in [2.05, 4.69) is 254 Å². The van der Waals surface area contributed by atoms with Gasteiger partial charge >= 0.3 is 0 Å². The average molecular weight is 2070 g/mol. The Bertz CT molecular complexity index is 6010. The Hall–Kier alpha value is -7.56. The van der Waals surface area contributed by atoms with Crippen molar-refractivity contribution < 1.29 is 28.8 Å². The summed E-state index contributed by atoms with van der Waals surface area (Å²) < 4.78 is 0. The van der Waals surface area contributed by atoms with E-state index in [4.69, 9.17) is 0 Å². The number of Topliss-reactive ketones (excluding diaryl/α,β-unsaturated/α-hetero) is 6. The fourth-order valence-corrected chi connectivity index (χ4v) is 34.1. The van der Waals surface area contributed by atoms with E-state index in [1.54, 1.807) is 93.5 Å². The summed E-state index contributed by atoms with van der Waals surface area (Å²) in [5.74, 6) is 20.1. The Kier molecular flexibility index (Phi) is 36.8. The molecule has 6 saturated heterocycles. The molecular weight excluding hydrogens is 1910 g/mol. The number of nitrogens with one attached hydrogen (secondary N) is 6. The molecule has 145 heavy (non-hydrogen) atoms. The molecular formula is C121H160N12O6S6. The van der Waals surface area contributed by atoms with Crippen LogP contribution in [0.2, 0.25) is 0 Å². The Balaban J connectivity index is 0.000000114. The van der Waals surface area contributed by atoms with E-state index in [1.165, 1.54) is 233 Å². The van der Waals surface area contributed by atoms with Crippen LogP contribution in [-0.4, -0.2) is 279 Å². The molecule has 11 aliphatic rings. The van der Waals surface area contributed by atoms with Crippen molar-refractivity contribution >= 4 is 171 Å². The van der Waals surface area contributed by atoms with Crippen molar-refractivity contribution in [3.8, 4) is 0 Å². The number of hydrogen-bond acceptors (Lipinski definition) is 18. The average Bonchev–Trinajstić information content (AvgIpc) is 1.65. The maximum Gasteiger partial charge on any atom is 0.139 e. The molecule has 12 aromatic rings. The number of benzene rings is 6. The third kappa shape index (κ3) is 24.9. The summed E-state index contributed by atoms with van der Waals surface area (Å²) in [6.45, 7) is 29.9. The lowest BCUT2D eigenvalue weighted by molar-refractivity contribution is -0.115. The normalized spacial score (nSPS) is 26.2. The van der Waals surface area contributed by atoms with Crippen LogP contribution < -0.4 is 0 Å². The molecule has 23 rings (SSSR count). The van der Waals surface area contributed by atoms with Gasteiger partial charge in [0.05, 0.1) is 34.5 Å². The Morgan fingerprint density at radius 3 is 0.793 bits per heavy atom. The number of hydrogen-bond donors (Lipinski definition) is 6. The Morgan fingerprint density at radius 1 is 0.283 bits per heavy atom. The van der Waals surface area contributed by atoms with Crippen molar-refractivity contribution in [2.24, 2.45) is 35.5 Å². The zero-order valence-electron chi connectivity index (χ0n) is 88.4. The van der Waals surface area contributed by atoms with Gasteiger partial charge in [-0.2, -0.15) is 70.6 Å². The third-order valence-electron chi connectivity index (χ3n) is 33.7. The highest BCUT2D eigenvalue weighted by Gasteiger charge is 2.47. The van der Waals surface area contributed by atoms with E-state index in [0.717, 1.165) is 67.0 Å². The van der Waals surface area contributed by atoms with Gasteiger partial charge in [0.15, 0.2) is 0 Å². The summed E-state index contributed by atoms with van der Waals surface area (Å²) in [4.78, 5) is 104. The van der Waals surface area contributed by atoms with Gasteiger partial charge < -0.3 is 44.6 Å². The molecule has 6 aromatic carbocycles. The van der Waals surface area contributed by atoms with Gasteiger partial charge in [-0.05, 0) is 352 Å². The van der Waals surface area contributed by atoms with E-state index < -0.39 is 0 Å². The lowest BCUT2D eigenvalue weighted by Gasteiger charge is -2.47. The van der Waals surface area contributed by atoms with Crippen LogP contribution in [0.25, 0.3) is 65.4 Å². The number of rotatable bonds is 32. The van der Waals surface area contributed by atoms with E-state index >= 15 is 0 Å². The van der Waals surface area contributed by atoms with Crippen LogP contribution in [0.15, 0.2) is 152 Å². The molecule has 6 aliphatic heterocycles. The number of likely N-dealkylation sites (tertiary alicyclic amines) is 6. The summed E-state index contributed by atoms with van der Waals surface area (Å²) in [6, 6.07) is 46.3. The number of fused-ring (bicyclic) bond motifs is 11. The zero-order chi connectivity index (χ0) is 101. The number of likely N-dealkylation sites (N-methyl/N-ethyl adjacent to an activating group) is 3. The van der Waals surface area contributed by atoms with Crippen molar-refractivity contribution in [3.05, 3.63) is 214 Å². The fourth-order valence-electron chi connectivity index (χ4n) is 28.2. The molecule has 0 unspecified atom stereocenters. The summed E-state index contributed by atoms with van der Waals surface area (Å²) in [6.07, 6.45) is 31.3. The first-order chi connectivity index (χ1) is 70.4. The topological polar surface area (TPSA) is 217 Å². The number of H-pyrrole nitrogens is 6. The molecule has 18 nitrogen and oxygen atoms in total. The molecule has 0 spiro atoms. The Morgan fingerprint density at radius 2 is 0.524 bits per heavy atom. The molecule has 6 N–H and O–H groups in total. The zero-order valence-corrected chi connectivity index (χ0v) is 93.3. The molecule has 18 atom stereocenters. The number of ketones is 6. The van der Waals surface area contributed by atoms with Crippen LogP contribution in [0.5, 0.6) is 0 Å². The lowest BCUT2D eigenvalue weighted by Crippen LogP contribution is -2.50. The van der Waals surface area contributed by atoms with Gasteiger partial charge in [0.1, 0.15) is 34.7 Å². The Labute approximate surface area is 887 Å². The molecule has 12 heterocycles. The van der Waals surface area contributed by atoms with Crippen LogP contribution in [0, 0.1) is 35.5 Å². The van der Waals surface area contributed by atoms with Gasteiger partial charge in [-0.15, -0.1) is 0 Å². The largest absolute Gasteiger partial charge is 0.361 e. The number of carbonyl (C=O) groups is 6. The quantitative estimate of drug-likeness (QED) is 0.0231. The van der Waals surface area contributed by atoms with Crippen molar-refractivity contribution in [2.75, 3.05) is 149 Å². The van der Waals surface area contributed by atoms with E-state index in [-0.39, 0.29) is 17.3 Å². The van der Waals surface area contributed by atoms with Crippen LogP contribution in [0.3, 0.4) is 0 Å². The molecule has 5 aliphatic carbocycles. The first-order valence-corrected chi connectivity index (χ1v) is 61.6. The third-order valence-corrected chi connectivity index (χ3v) is 41.6. The summed E-state index contributed by atoms with van der Waals surface area (Å²) >= 11 is 10.9. The summed E-state index contributed by atoms with van der Waals surface area (Å²) in [5, 5.41) is 8.76. The van der Waals surface area contributed by atoms with Crippen molar-refractivity contribution in [1.82, 2.24) is 59.3 Å². The SMILES string of the molecule is CC(=O)CSC[C@@H]1C[C@@H]2c3cccc4[nH]cc(c34)C[C@H]2N(C)C1.CC(=O)CSC[C@@H]1C[C@@H]2c3cccc4[nH]cc(c34)C[C@H]2N(C)C1.CCCN1C[C@H](CSCC(C)=O)C[C@@H]2c3cccc4[nH]cc(c34)C[C@H]21.CCCN1C[C@H](CSCC(C)=O)C[C@@H]2c3cccc4[nH]cc(c34)C[C@H]21.CCCN1C[C@H](CSCC(C)=O)C[C@@H]2c3cccc4[nH]cc(c34)C[C@H]21.CC[C@@H]1[C@@H](c2cccc3[nH]ccc23)C[C@@H](CSCC(C)=O)CN1C. The highest BCUT2D eigenvalue weighted by atomic mass is 32.2. The van der Waals surface area contributed by atoms with Crippen LogP contribution >= 0.6 is 70.6 Å². The minimum Gasteiger partial charge on any atom is -0.361 e. The highest BCUT2D eigenvalue weighted by molar-refractivity contribution is 8.01. The molecule has 24 heteroatoms. The second kappa shape index (κ2) is 49.7. The first kappa shape index (κ1) is 107. The molecule has 0 saturated carbocycles. The molecule has 6 fully saturated rings. The molecule has 0 radical (unpaired) electrons. The van der Waals surface area contributed by atoms with Gasteiger partial charge in [-0.25, -0.2) is 0 Å². The van der Waals surface area contributed by atoms with Crippen LogP contribution in [-0.2, 0) is 60.9 Å². The number of aromatic amines is 6. The van der Waals surface area contributed by atoms with Gasteiger partial charge in [0.25, 0.3) is 0 Å². The van der Waals surface area contributed by atoms with E-state index in [0.29, 0.717) is 159 Å². The van der Waals surface area contributed by atoms with Crippen molar-refractivity contribution in [1.29, 1.82) is 0 Å². The minimum absolute atomic E-state index is 0.282. The van der Waals surface area contributed by atoms with Crippen molar-refractivity contribution in [3.63, 3.8) is 0 Å². The van der Waals surface area contributed by atoms with Gasteiger partial charge in [0.2, 0.25) is 0 Å². The smallest absolute Gasteiger partial charge is 0.139 e. The van der Waals surface area contributed by atoms with E-state index in [1.807, 2.05) is 41.5 Å². The van der Waals surface area contributed by atoms with Crippen LogP contribution in [0.1, 0.15) is 230 Å². The second-order valence-electron chi connectivity index (χ2n) is 44.9. The second-order valence-corrected chi connectivity index (χ2v) is 51.1. The van der Waals surface area contributed by atoms with Crippen molar-refractivity contribution in [2.45, 2.75) is 237 Å². The number of thioether (sulfide) groups is 6. The maximum atomic E-state index is 11.3. The number of carbonyl (C=O) groups excluding carboxylic acids is 6. The molecule has 0 bridgehead atoms. The van der Waals surface area contributed by atoms with Gasteiger partial charge in [0, 0.05) is 214 Å². The lowest BCUT2D eigenvalue weighted by atomic mass is 9.72. The first-order valence-electron chi connectivity index (χ1n) is 54.6. The predicted molar refractivity (Wildman–Crippen MR) is 618 cm³/mol. The number of nitrogens with zero attached hydrogens (tertiary/aromatic N) is 6. The van der Waals surface area contributed by atoms with Gasteiger partial charge in [-0.1, -0.05) is 100 Å². The van der Waals surface area contributed by atoms with Gasteiger partial charge in [-0.3, -0.25) is 43.5 Å². The summed E-state index contributed by atoms with van der Waals surface area (Å²) in [5.41, 5.74) is 24.3. The summed E-state index contributed by atoms with van der Waals surface area (Å²) in [7, 11) is 6.81. The highest BCUT2D eigenvalue weighted by Crippen LogP contribution is 2.53. The fraction of sp³-hybridized carbons (Fsp3) is 0.554. The van der Waals surface area contributed by atoms with E-state index in [9.17, 15) is 28.8 Å².